The Morgan fingerprint density at radius 3 is 2.71 bits per heavy atom. The van der Waals surface area contributed by atoms with Crippen LogP contribution in [0.2, 0.25) is 0 Å². The summed E-state index contributed by atoms with van der Waals surface area (Å²) in [5.74, 6) is 0.114. The first-order valence-corrected chi connectivity index (χ1v) is 5.82. The molecule has 0 heterocycles. The monoisotopic (exact) mass is 236 g/mol. The number of hydrogen-bond donors (Lipinski definition) is 1. The molecule has 1 rings (SSSR count). The van der Waals surface area contributed by atoms with E-state index in [1.807, 2.05) is 24.3 Å². The van der Waals surface area contributed by atoms with Gasteiger partial charge in [0, 0.05) is 0 Å². The Morgan fingerprint density at radius 1 is 1.41 bits per heavy atom. The zero-order chi connectivity index (χ0) is 12.9. The molecule has 0 aliphatic rings. The molecule has 3 heteroatoms. The first kappa shape index (κ1) is 13.6. The van der Waals surface area contributed by atoms with Gasteiger partial charge in [0.1, 0.15) is 5.75 Å². The molecule has 0 atom stereocenters. The summed E-state index contributed by atoms with van der Waals surface area (Å²) in [5, 5.41) is 9.00. The van der Waals surface area contributed by atoms with E-state index in [0.29, 0.717) is 6.42 Å². The second kappa shape index (κ2) is 5.71. The summed E-state index contributed by atoms with van der Waals surface area (Å²) in [5.41, 5.74) is 0.546. The van der Waals surface area contributed by atoms with Gasteiger partial charge in [0.05, 0.1) is 12.5 Å². The van der Waals surface area contributed by atoms with E-state index in [9.17, 15) is 4.79 Å². The van der Waals surface area contributed by atoms with Crippen LogP contribution in [0.25, 0.3) is 0 Å². The fourth-order valence-corrected chi connectivity index (χ4v) is 1.67. The summed E-state index contributed by atoms with van der Waals surface area (Å²) in [6, 6.07) is 7.89. The van der Waals surface area contributed by atoms with Crippen molar-refractivity contribution in [3.8, 4) is 5.75 Å². The van der Waals surface area contributed by atoms with Crippen molar-refractivity contribution in [2.24, 2.45) is 5.41 Å². The number of carboxylic acid groups (broad SMARTS) is 1. The van der Waals surface area contributed by atoms with E-state index in [-0.39, 0.29) is 0 Å². The van der Waals surface area contributed by atoms with Crippen molar-refractivity contribution in [2.75, 3.05) is 7.11 Å². The zero-order valence-electron chi connectivity index (χ0n) is 10.7. The smallest absolute Gasteiger partial charge is 0.309 e. The van der Waals surface area contributed by atoms with Crippen LogP contribution in [0.5, 0.6) is 5.75 Å². The number of aryl methyl sites for hydroxylation is 1. The summed E-state index contributed by atoms with van der Waals surface area (Å²) < 4.78 is 5.15. The molecule has 0 spiro atoms. The number of rotatable bonds is 6. The molecule has 0 aliphatic heterocycles. The average Bonchev–Trinajstić information content (AvgIpc) is 2.29. The number of benzene rings is 1. The molecule has 17 heavy (non-hydrogen) atoms. The maximum absolute atomic E-state index is 10.9. The molecular weight excluding hydrogens is 216 g/mol. The molecule has 1 aromatic rings. The topological polar surface area (TPSA) is 46.5 Å². The van der Waals surface area contributed by atoms with Crippen molar-refractivity contribution >= 4 is 5.97 Å². The Kier molecular flexibility index (Phi) is 4.55. The molecule has 1 N–H and O–H groups in total. The van der Waals surface area contributed by atoms with Crippen LogP contribution in [0.15, 0.2) is 24.3 Å². The number of aliphatic carboxylic acids is 1. The lowest BCUT2D eigenvalue weighted by atomic mass is 9.87. The van der Waals surface area contributed by atoms with Crippen LogP contribution in [0.3, 0.4) is 0 Å². The minimum Gasteiger partial charge on any atom is -0.497 e. The molecular formula is C14H20O3. The first-order valence-electron chi connectivity index (χ1n) is 5.82. The summed E-state index contributed by atoms with van der Waals surface area (Å²) >= 11 is 0. The molecule has 3 nitrogen and oxygen atoms in total. The molecule has 0 bridgehead atoms. The normalized spacial score (nSPS) is 11.2. The maximum Gasteiger partial charge on any atom is 0.309 e. The highest BCUT2D eigenvalue weighted by atomic mass is 16.5. The third-order valence-corrected chi connectivity index (χ3v) is 2.98. The van der Waals surface area contributed by atoms with Crippen molar-refractivity contribution in [3.05, 3.63) is 29.8 Å². The molecule has 0 unspecified atom stereocenters. The third-order valence-electron chi connectivity index (χ3n) is 2.98. The predicted molar refractivity (Wildman–Crippen MR) is 67.3 cm³/mol. The lowest BCUT2D eigenvalue weighted by Crippen LogP contribution is -2.23. The first-order chi connectivity index (χ1) is 7.95. The van der Waals surface area contributed by atoms with Gasteiger partial charge in [0.2, 0.25) is 0 Å². The van der Waals surface area contributed by atoms with E-state index in [4.69, 9.17) is 9.84 Å². The molecule has 0 aliphatic carbocycles. The minimum absolute atomic E-state index is 0.640. The number of carboxylic acids is 1. The Labute approximate surface area is 102 Å². The van der Waals surface area contributed by atoms with Crippen molar-refractivity contribution in [1.82, 2.24) is 0 Å². The summed E-state index contributed by atoms with van der Waals surface area (Å²) in [6.45, 7) is 3.53. The zero-order valence-corrected chi connectivity index (χ0v) is 10.7. The Bertz CT molecular complexity index is 383. The molecule has 0 aromatic heterocycles. The second-order valence-electron chi connectivity index (χ2n) is 4.89. The van der Waals surface area contributed by atoms with Gasteiger partial charge >= 0.3 is 5.97 Å². The van der Waals surface area contributed by atoms with Crippen LogP contribution >= 0.6 is 0 Å². The number of carbonyl (C=O) groups is 1. The maximum atomic E-state index is 10.9. The molecule has 0 saturated heterocycles. The van der Waals surface area contributed by atoms with Crippen LogP contribution < -0.4 is 4.74 Å². The van der Waals surface area contributed by atoms with Gasteiger partial charge in [-0.15, -0.1) is 0 Å². The predicted octanol–water partition coefficient (Wildman–Crippen LogP) is 3.13. The van der Waals surface area contributed by atoms with E-state index in [2.05, 4.69) is 0 Å². The van der Waals surface area contributed by atoms with Gasteiger partial charge in [0.15, 0.2) is 0 Å². The van der Waals surface area contributed by atoms with Crippen LogP contribution in [-0.4, -0.2) is 18.2 Å². The standard InChI is InChI=1S/C14H20O3/c1-14(2,13(15)16)9-5-7-11-6-4-8-12(10-11)17-3/h4,6,8,10H,5,7,9H2,1-3H3,(H,15,16). The van der Waals surface area contributed by atoms with Crippen molar-refractivity contribution in [2.45, 2.75) is 33.1 Å². The second-order valence-corrected chi connectivity index (χ2v) is 4.89. The van der Waals surface area contributed by atoms with Crippen molar-refractivity contribution < 1.29 is 14.6 Å². The van der Waals surface area contributed by atoms with Crippen LogP contribution in [-0.2, 0) is 11.2 Å². The highest BCUT2D eigenvalue weighted by molar-refractivity contribution is 5.73. The van der Waals surface area contributed by atoms with Crippen LogP contribution in [0.4, 0.5) is 0 Å². The van der Waals surface area contributed by atoms with Gasteiger partial charge < -0.3 is 9.84 Å². The molecule has 0 radical (unpaired) electrons. The molecule has 94 valence electrons. The quantitative estimate of drug-likeness (QED) is 0.825. The Balaban J connectivity index is 2.48. The fourth-order valence-electron chi connectivity index (χ4n) is 1.67. The van der Waals surface area contributed by atoms with Gasteiger partial charge in [-0.3, -0.25) is 4.79 Å². The molecule has 0 saturated carbocycles. The van der Waals surface area contributed by atoms with Gasteiger partial charge in [-0.2, -0.15) is 0 Å². The van der Waals surface area contributed by atoms with Gasteiger partial charge in [0.25, 0.3) is 0 Å². The number of hydrogen-bond acceptors (Lipinski definition) is 2. The van der Waals surface area contributed by atoms with Gasteiger partial charge in [-0.25, -0.2) is 0 Å². The molecule has 0 fully saturated rings. The lowest BCUT2D eigenvalue weighted by Gasteiger charge is -2.18. The highest BCUT2D eigenvalue weighted by Crippen LogP contribution is 2.24. The summed E-state index contributed by atoms with van der Waals surface area (Å²) in [7, 11) is 1.65. The van der Waals surface area contributed by atoms with E-state index in [1.165, 1.54) is 5.56 Å². The molecule has 1 aromatic carbocycles. The fraction of sp³-hybridized carbons (Fsp3) is 0.500. The largest absolute Gasteiger partial charge is 0.497 e. The van der Waals surface area contributed by atoms with Crippen molar-refractivity contribution in [3.63, 3.8) is 0 Å². The molecule has 0 amide bonds. The van der Waals surface area contributed by atoms with E-state index in [0.717, 1.165) is 18.6 Å². The van der Waals surface area contributed by atoms with Crippen LogP contribution in [0.1, 0.15) is 32.3 Å². The summed E-state index contributed by atoms with van der Waals surface area (Å²) in [4.78, 5) is 10.9. The Morgan fingerprint density at radius 2 is 2.12 bits per heavy atom. The number of ether oxygens (including phenoxy) is 1. The van der Waals surface area contributed by atoms with Gasteiger partial charge in [-0.1, -0.05) is 12.1 Å². The third kappa shape index (κ3) is 4.10. The average molecular weight is 236 g/mol. The summed E-state index contributed by atoms with van der Waals surface area (Å²) in [6.07, 6.45) is 2.43. The van der Waals surface area contributed by atoms with Gasteiger partial charge in [-0.05, 0) is 50.8 Å². The van der Waals surface area contributed by atoms with E-state index in [1.54, 1.807) is 21.0 Å². The van der Waals surface area contributed by atoms with E-state index < -0.39 is 11.4 Å². The van der Waals surface area contributed by atoms with Crippen LogP contribution in [0, 0.1) is 5.41 Å². The van der Waals surface area contributed by atoms with Crippen molar-refractivity contribution in [1.29, 1.82) is 0 Å². The SMILES string of the molecule is COc1cccc(CCCC(C)(C)C(=O)O)c1. The lowest BCUT2D eigenvalue weighted by molar-refractivity contribution is -0.147. The number of methoxy groups -OCH3 is 1. The Hall–Kier alpha value is -1.51. The minimum atomic E-state index is -0.733. The highest BCUT2D eigenvalue weighted by Gasteiger charge is 2.26. The van der Waals surface area contributed by atoms with E-state index >= 15 is 0 Å².